The molecule has 0 spiro atoms. The average Bonchev–Trinajstić information content (AvgIpc) is 2.29. The highest BCUT2D eigenvalue weighted by atomic mass is 16.5. The Balaban J connectivity index is 2.36. The van der Waals surface area contributed by atoms with Gasteiger partial charge < -0.3 is 9.47 Å². The quantitative estimate of drug-likeness (QED) is 0.650. The summed E-state index contributed by atoms with van der Waals surface area (Å²) in [5.41, 5.74) is 0. The van der Waals surface area contributed by atoms with Crippen molar-refractivity contribution in [2.45, 2.75) is 20.0 Å². The lowest BCUT2D eigenvalue weighted by atomic mass is 10.1. The summed E-state index contributed by atoms with van der Waals surface area (Å²) in [7, 11) is 0. The fraction of sp³-hybridized carbons (Fsp3) is 0.818. The molecule has 0 aliphatic carbocycles. The molecule has 1 saturated heterocycles. The van der Waals surface area contributed by atoms with Gasteiger partial charge in [0.2, 0.25) is 0 Å². The predicted molar refractivity (Wildman–Crippen MR) is 57.6 cm³/mol. The first kappa shape index (κ1) is 12.9. The molecule has 5 heteroatoms. The minimum Gasteiger partial charge on any atom is -0.466 e. The monoisotopic (exact) mass is 226 g/mol. The Morgan fingerprint density at radius 3 is 3.12 bits per heavy atom. The topological polar surface area (TPSA) is 62.6 Å². The maximum Gasteiger partial charge on any atom is 0.309 e. The summed E-state index contributed by atoms with van der Waals surface area (Å²) >= 11 is 0. The lowest BCUT2D eigenvalue weighted by Crippen LogP contribution is -2.44. The summed E-state index contributed by atoms with van der Waals surface area (Å²) < 4.78 is 10.2. The van der Waals surface area contributed by atoms with Crippen LogP contribution in [0.4, 0.5) is 0 Å². The van der Waals surface area contributed by atoms with Gasteiger partial charge in [-0.1, -0.05) is 6.92 Å². The van der Waals surface area contributed by atoms with Crippen molar-refractivity contribution >= 4 is 5.97 Å². The molecule has 5 nitrogen and oxygen atoms in total. The average molecular weight is 226 g/mol. The number of nitrogens with zero attached hydrogens (tertiary/aromatic N) is 2. The Labute approximate surface area is 95.9 Å². The summed E-state index contributed by atoms with van der Waals surface area (Å²) in [6, 6.07) is 2.08. The number of carbonyl (C=O) groups excluding carboxylic acids is 1. The van der Waals surface area contributed by atoms with E-state index >= 15 is 0 Å². The van der Waals surface area contributed by atoms with Crippen LogP contribution in [0.25, 0.3) is 0 Å². The third kappa shape index (κ3) is 3.80. The van der Waals surface area contributed by atoms with Gasteiger partial charge in [0.05, 0.1) is 25.2 Å². The lowest BCUT2D eigenvalue weighted by Gasteiger charge is -2.30. The van der Waals surface area contributed by atoms with Crippen molar-refractivity contribution in [3.63, 3.8) is 0 Å². The molecule has 0 amide bonds. The standard InChI is InChI=1S/C11H18N2O3/c1-3-15-11(14)9(2)7-13-4-5-16-10(6-12)8-13/h9-10H,3-5,7-8H2,1-2H3. The van der Waals surface area contributed by atoms with E-state index in [2.05, 4.69) is 11.0 Å². The number of morpholine rings is 1. The molecule has 0 bridgehead atoms. The van der Waals surface area contributed by atoms with E-state index in [1.165, 1.54) is 0 Å². The molecule has 0 N–H and O–H groups in total. The fourth-order valence-corrected chi connectivity index (χ4v) is 1.69. The summed E-state index contributed by atoms with van der Waals surface area (Å²) in [6.45, 7) is 6.56. The molecular weight excluding hydrogens is 208 g/mol. The van der Waals surface area contributed by atoms with Gasteiger partial charge >= 0.3 is 5.97 Å². The van der Waals surface area contributed by atoms with Crippen molar-refractivity contribution in [1.82, 2.24) is 4.90 Å². The molecule has 0 radical (unpaired) electrons. The smallest absolute Gasteiger partial charge is 0.309 e. The molecule has 0 aromatic carbocycles. The number of nitriles is 1. The van der Waals surface area contributed by atoms with Crippen LogP contribution in [0.1, 0.15) is 13.8 Å². The fourth-order valence-electron chi connectivity index (χ4n) is 1.69. The number of hydrogen-bond acceptors (Lipinski definition) is 5. The van der Waals surface area contributed by atoms with Crippen LogP contribution >= 0.6 is 0 Å². The molecule has 90 valence electrons. The molecular formula is C11H18N2O3. The molecule has 1 heterocycles. The summed E-state index contributed by atoms with van der Waals surface area (Å²) in [5, 5.41) is 8.74. The van der Waals surface area contributed by atoms with Crippen LogP contribution < -0.4 is 0 Å². The Kier molecular flexibility index (Phi) is 5.23. The molecule has 1 fully saturated rings. The molecule has 0 aromatic heterocycles. The zero-order chi connectivity index (χ0) is 12.0. The van der Waals surface area contributed by atoms with Crippen molar-refractivity contribution in [1.29, 1.82) is 5.26 Å². The second-order valence-corrected chi connectivity index (χ2v) is 3.90. The largest absolute Gasteiger partial charge is 0.466 e. The van der Waals surface area contributed by atoms with Gasteiger partial charge in [-0.05, 0) is 6.92 Å². The predicted octanol–water partition coefficient (Wildman–Crippen LogP) is 0.410. The van der Waals surface area contributed by atoms with E-state index in [9.17, 15) is 4.79 Å². The van der Waals surface area contributed by atoms with E-state index in [-0.39, 0.29) is 18.0 Å². The third-order valence-electron chi connectivity index (χ3n) is 2.52. The zero-order valence-corrected chi connectivity index (χ0v) is 9.81. The van der Waals surface area contributed by atoms with Crippen molar-refractivity contribution in [3.8, 4) is 6.07 Å². The Bertz CT molecular complexity index is 275. The Hall–Kier alpha value is -1.12. The van der Waals surface area contributed by atoms with Gasteiger partial charge in [-0.15, -0.1) is 0 Å². The number of esters is 1. The second kappa shape index (κ2) is 6.46. The highest BCUT2D eigenvalue weighted by Gasteiger charge is 2.24. The summed E-state index contributed by atoms with van der Waals surface area (Å²) in [5.74, 6) is -0.333. The highest BCUT2D eigenvalue weighted by molar-refractivity contribution is 5.72. The van der Waals surface area contributed by atoms with E-state index in [4.69, 9.17) is 14.7 Å². The van der Waals surface area contributed by atoms with Crippen LogP contribution in [0.2, 0.25) is 0 Å². The van der Waals surface area contributed by atoms with Crippen LogP contribution in [-0.2, 0) is 14.3 Å². The third-order valence-corrected chi connectivity index (χ3v) is 2.52. The number of hydrogen-bond donors (Lipinski definition) is 0. The van der Waals surface area contributed by atoms with Gasteiger partial charge in [-0.25, -0.2) is 0 Å². The molecule has 1 rings (SSSR count). The number of ether oxygens (including phenoxy) is 2. The summed E-state index contributed by atoms with van der Waals surface area (Å²) in [4.78, 5) is 13.5. The van der Waals surface area contributed by atoms with E-state index < -0.39 is 0 Å². The van der Waals surface area contributed by atoms with Crippen LogP contribution in [0.5, 0.6) is 0 Å². The van der Waals surface area contributed by atoms with Gasteiger partial charge in [0.1, 0.15) is 0 Å². The first-order valence-electron chi connectivity index (χ1n) is 5.57. The first-order chi connectivity index (χ1) is 7.67. The zero-order valence-electron chi connectivity index (χ0n) is 9.81. The second-order valence-electron chi connectivity index (χ2n) is 3.90. The van der Waals surface area contributed by atoms with Crippen LogP contribution in [0.3, 0.4) is 0 Å². The van der Waals surface area contributed by atoms with Crippen LogP contribution in [0, 0.1) is 17.2 Å². The van der Waals surface area contributed by atoms with Gasteiger partial charge in [0.25, 0.3) is 0 Å². The van der Waals surface area contributed by atoms with Gasteiger partial charge in [-0.3, -0.25) is 9.69 Å². The Morgan fingerprint density at radius 1 is 1.75 bits per heavy atom. The lowest BCUT2D eigenvalue weighted by molar-refractivity contribution is -0.148. The number of carbonyl (C=O) groups is 1. The minimum absolute atomic E-state index is 0.155. The molecule has 0 saturated carbocycles. The van der Waals surface area contributed by atoms with Crippen molar-refractivity contribution in [2.75, 3.05) is 32.8 Å². The van der Waals surface area contributed by atoms with Gasteiger partial charge in [-0.2, -0.15) is 5.26 Å². The van der Waals surface area contributed by atoms with Crippen LogP contribution in [0.15, 0.2) is 0 Å². The maximum atomic E-state index is 11.4. The molecule has 16 heavy (non-hydrogen) atoms. The maximum absolute atomic E-state index is 11.4. The molecule has 0 aromatic rings. The normalized spacial score (nSPS) is 23.4. The van der Waals surface area contributed by atoms with E-state index in [1.807, 2.05) is 6.92 Å². The molecule has 1 aliphatic rings. The minimum atomic E-state index is -0.372. The van der Waals surface area contributed by atoms with Crippen molar-refractivity contribution in [3.05, 3.63) is 0 Å². The molecule has 2 atom stereocenters. The molecule has 2 unspecified atom stereocenters. The van der Waals surface area contributed by atoms with E-state index in [1.54, 1.807) is 6.92 Å². The van der Waals surface area contributed by atoms with E-state index in [0.717, 1.165) is 6.54 Å². The number of rotatable bonds is 4. The van der Waals surface area contributed by atoms with Crippen LogP contribution in [-0.4, -0.2) is 49.8 Å². The van der Waals surface area contributed by atoms with E-state index in [0.29, 0.717) is 26.3 Å². The Morgan fingerprint density at radius 2 is 2.50 bits per heavy atom. The van der Waals surface area contributed by atoms with Gasteiger partial charge in [0.15, 0.2) is 6.10 Å². The van der Waals surface area contributed by atoms with Gasteiger partial charge in [0, 0.05) is 19.6 Å². The molecule has 1 aliphatic heterocycles. The first-order valence-corrected chi connectivity index (χ1v) is 5.57. The summed E-state index contributed by atoms with van der Waals surface area (Å²) in [6.07, 6.45) is -0.372. The highest BCUT2D eigenvalue weighted by Crippen LogP contribution is 2.08. The SMILES string of the molecule is CCOC(=O)C(C)CN1CCOC(C#N)C1. The van der Waals surface area contributed by atoms with Crippen molar-refractivity contribution in [2.24, 2.45) is 5.92 Å². The van der Waals surface area contributed by atoms with Crippen molar-refractivity contribution < 1.29 is 14.3 Å².